The summed E-state index contributed by atoms with van der Waals surface area (Å²) in [6, 6.07) is 4.04. The van der Waals surface area contributed by atoms with Crippen molar-refractivity contribution in [2.75, 3.05) is 0 Å². The summed E-state index contributed by atoms with van der Waals surface area (Å²) < 4.78 is 35.7. The van der Waals surface area contributed by atoms with Crippen molar-refractivity contribution in [1.82, 2.24) is 0 Å². The van der Waals surface area contributed by atoms with Crippen LogP contribution in [0.3, 0.4) is 0 Å². The largest absolute Gasteiger partial charge is 0.480 e. The Morgan fingerprint density at radius 3 is 2.20 bits per heavy atom. The second-order valence-corrected chi connectivity index (χ2v) is 5.25. The molecule has 0 spiro atoms. The normalized spacial score (nSPS) is 13.5. The Balaban J connectivity index is 3.17. The lowest BCUT2D eigenvalue weighted by molar-refractivity contribution is -0.136. The van der Waals surface area contributed by atoms with E-state index in [0.29, 0.717) is 0 Å². The third kappa shape index (κ3) is 2.33. The summed E-state index contributed by atoms with van der Waals surface area (Å²) in [5.74, 6) is -2.00. The van der Waals surface area contributed by atoms with Gasteiger partial charge in [-0.1, -0.05) is 0 Å². The summed E-state index contributed by atoms with van der Waals surface area (Å²) in [7, 11) is -3.92. The molecule has 1 unspecified atom stereocenters. The number of halogens is 1. The smallest absolute Gasteiger partial charge is 0.321 e. The Bertz CT molecular complexity index is 463. The van der Waals surface area contributed by atoms with Crippen LogP contribution in [0, 0.1) is 5.82 Å². The fourth-order valence-electron chi connectivity index (χ4n) is 0.961. The molecule has 6 heteroatoms. The van der Waals surface area contributed by atoms with E-state index in [0.717, 1.165) is 31.2 Å². The molecule has 1 rings (SSSR count). The second-order valence-electron chi connectivity index (χ2n) is 2.98. The second kappa shape index (κ2) is 3.98. The highest BCUT2D eigenvalue weighted by atomic mass is 32.2. The Morgan fingerprint density at radius 1 is 1.33 bits per heavy atom. The van der Waals surface area contributed by atoms with Crippen molar-refractivity contribution in [1.29, 1.82) is 0 Å². The molecule has 0 heterocycles. The summed E-state index contributed by atoms with van der Waals surface area (Å²) in [4.78, 5) is 10.3. The van der Waals surface area contributed by atoms with Gasteiger partial charge in [0.05, 0.1) is 4.90 Å². The van der Waals surface area contributed by atoms with Crippen molar-refractivity contribution in [3.05, 3.63) is 30.1 Å². The maximum atomic E-state index is 12.5. The molecule has 0 aromatic heterocycles. The van der Waals surface area contributed by atoms with E-state index < -0.39 is 26.9 Å². The van der Waals surface area contributed by atoms with Gasteiger partial charge in [0, 0.05) is 0 Å². The first-order valence-corrected chi connectivity index (χ1v) is 5.62. The van der Waals surface area contributed by atoms with Gasteiger partial charge in [-0.05, 0) is 31.2 Å². The van der Waals surface area contributed by atoms with Crippen molar-refractivity contribution < 1.29 is 22.7 Å². The number of carboxylic acids is 1. The molecule has 0 fully saturated rings. The van der Waals surface area contributed by atoms with Gasteiger partial charge in [0.1, 0.15) is 5.82 Å². The van der Waals surface area contributed by atoms with Crippen molar-refractivity contribution in [2.45, 2.75) is 17.1 Å². The Labute approximate surface area is 86.3 Å². The summed E-state index contributed by atoms with van der Waals surface area (Å²) in [6.45, 7) is 1.07. The third-order valence-corrected chi connectivity index (χ3v) is 4.02. The first-order valence-electron chi connectivity index (χ1n) is 4.08. The van der Waals surface area contributed by atoms with E-state index in [1.807, 2.05) is 0 Å². The van der Waals surface area contributed by atoms with Gasteiger partial charge in [-0.15, -0.1) is 0 Å². The summed E-state index contributed by atoms with van der Waals surface area (Å²) in [5.41, 5.74) is 0. The fraction of sp³-hybridized carbons (Fsp3) is 0.222. The van der Waals surface area contributed by atoms with Gasteiger partial charge >= 0.3 is 5.97 Å². The van der Waals surface area contributed by atoms with E-state index in [9.17, 15) is 17.6 Å². The van der Waals surface area contributed by atoms with E-state index in [1.54, 1.807) is 0 Å². The van der Waals surface area contributed by atoms with E-state index >= 15 is 0 Å². The van der Waals surface area contributed by atoms with Crippen molar-refractivity contribution in [2.24, 2.45) is 0 Å². The molecule has 0 aliphatic rings. The van der Waals surface area contributed by atoms with Crippen LogP contribution in [0.2, 0.25) is 0 Å². The van der Waals surface area contributed by atoms with Gasteiger partial charge in [0.15, 0.2) is 15.1 Å². The van der Waals surface area contributed by atoms with Crippen molar-refractivity contribution in [3.8, 4) is 0 Å². The van der Waals surface area contributed by atoms with Gasteiger partial charge in [-0.2, -0.15) is 0 Å². The summed E-state index contributed by atoms with van der Waals surface area (Å²) in [5, 5.41) is 7.04. The van der Waals surface area contributed by atoms with Crippen LogP contribution in [0.5, 0.6) is 0 Å². The Hall–Kier alpha value is -1.43. The molecule has 1 aromatic carbocycles. The first-order chi connectivity index (χ1) is 6.85. The highest BCUT2D eigenvalue weighted by Crippen LogP contribution is 2.16. The molecule has 0 radical (unpaired) electrons. The molecular weight excluding hydrogens is 223 g/mol. The van der Waals surface area contributed by atoms with Crippen LogP contribution in [0.1, 0.15) is 6.92 Å². The first kappa shape index (κ1) is 11.6. The lowest BCUT2D eigenvalue weighted by atomic mass is 10.3. The van der Waals surface area contributed by atoms with Crippen LogP contribution in [-0.2, 0) is 14.6 Å². The molecule has 15 heavy (non-hydrogen) atoms. The Morgan fingerprint density at radius 2 is 1.80 bits per heavy atom. The lowest BCUT2D eigenvalue weighted by Gasteiger charge is -2.07. The highest BCUT2D eigenvalue weighted by molar-refractivity contribution is 7.92. The molecular formula is C9H9FO4S. The fourth-order valence-corrected chi connectivity index (χ4v) is 2.15. The summed E-state index contributed by atoms with van der Waals surface area (Å²) >= 11 is 0. The van der Waals surface area contributed by atoms with Gasteiger partial charge in [0.25, 0.3) is 0 Å². The molecule has 0 amide bonds. The molecule has 0 aliphatic carbocycles. The molecule has 4 nitrogen and oxygen atoms in total. The maximum absolute atomic E-state index is 12.5. The SMILES string of the molecule is CC(C(=O)O)S(=O)(=O)c1ccc(F)cc1. The number of sulfone groups is 1. The minimum Gasteiger partial charge on any atom is -0.480 e. The van der Waals surface area contributed by atoms with Crippen LogP contribution in [0.4, 0.5) is 4.39 Å². The zero-order valence-electron chi connectivity index (χ0n) is 7.84. The van der Waals surface area contributed by atoms with Crippen LogP contribution in [0.25, 0.3) is 0 Å². The average molecular weight is 232 g/mol. The van der Waals surface area contributed by atoms with Crippen LogP contribution < -0.4 is 0 Å². The third-order valence-electron chi connectivity index (χ3n) is 1.96. The van der Waals surface area contributed by atoms with Gasteiger partial charge in [-0.3, -0.25) is 4.79 Å². The quantitative estimate of drug-likeness (QED) is 0.791. The number of hydrogen-bond donors (Lipinski definition) is 1. The number of aliphatic carboxylic acids is 1. The lowest BCUT2D eigenvalue weighted by Crippen LogP contribution is -2.26. The van der Waals surface area contributed by atoms with E-state index in [-0.39, 0.29) is 4.90 Å². The van der Waals surface area contributed by atoms with E-state index in [2.05, 4.69) is 0 Å². The molecule has 1 atom stereocenters. The van der Waals surface area contributed by atoms with Gasteiger partial charge in [-0.25, -0.2) is 12.8 Å². The number of rotatable bonds is 3. The average Bonchev–Trinajstić information content (AvgIpc) is 2.17. The zero-order chi connectivity index (χ0) is 11.6. The number of carbonyl (C=O) groups is 1. The van der Waals surface area contributed by atoms with Crippen molar-refractivity contribution in [3.63, 3.8) is 0 Å². The number of benzene rings is 1. The Kier molecular flexibility index (Phi) is 3.09. The minimum absolute atomic E-state index is 0.196. The van der Waals surface area contributed by atoms with Crippen LogP contribution in [-0.4, -0.2) is 24.7 Å². The maximum Gasteiger partial charge on any atom is 0.321 e. The number of carboxylic acid groups (broad SMARTS) is 1. The molecule has 0 saturated heterocycles. The van der Waals surface area contributed by atoms with Crippen LogP contribution >= 0.6 is 0 Å². The topological polar surface area (TPSA) is 71.4 Å². The molecule has 82 valence electrons. The monoisotopic (exact) mass is 232 g/mol. The molecule has 0 bridgehead atoms. The summed E-state index contributed by atoms with van der Waals surface area (Å²) in [6.07, 6.45) is 0. The predicted octanol–water partition coefficient (Wildman–Crippen LogP) is 1.07. The van der Waals surface area contributed by atoms with Gasteiger partial charge < -0.3 is 5.11 Å². The standard InChI is InChI=1S/C9H9FO4S/c1-6(9(11)12)15(13,14)8-4-2-7(10)3-5-8/h2-6H,1H3,(H,11,12). The highest BCUT2D eigenvalue weighted by Gasteiger charge is 2.29. The minimum atomic E-state index is -3.92. The zero-order valence-corrected chi connectivity index (χ0v) is 8.66. The van der Waals surface area contributed by atoms with E-state index in [4.69, 9.17) is 5.11 Å². The van der Waals surface area contributed by atoms with E-state index in [1.165, 1.54) is 0 Å². The molecule has 0 saturated carbocycles. The molecule has 0 aliphatic heterocycles. The van der Waals surface area contributed by atoms with Crippen molar-refractivity contribution >= 4 is 15.8 Å². The van der Waals surface area contributed by atoms with Gasteiger partial charge in [0.2, 0.25) is 0 Å². The number of hydrogen-bond acceptors (Lipinski definition) is 3. The molecule has 1 aromatic rings. The van der Waals surface area contributed by atoms with Crippen LogP contribution in [0.15, 0.2) is 29.2 Å². The molecule has 1 N–H and O–H groups in total. The predicted molar refractivity (Wildman–Crippen MR) is 50.7 cm³/mol.